The Labute approximate surface area is 121 Å². The van der Waals surface area contributed by atoms with Crippen LogP contribution in [0.15, 0.2) is 30.3 Å². The normalized spacial score (nSPS) is 24.3. The highest BCUT2D eigenvalue weighted by Gasteiger charge is 2.39. The number of hydrogen-bond acceptors (Lipinski definition) is 3. The molecular weight excluding hydrogens is 248 g/mol. The summed E-state index contributed by atoms with van der Waals surface area (Å²) in [5.74, 6) is 0.720. The molecule has 1 saturated heterocycles. The first-order valence-electron chi connectivity index (χ1n) is 7.32. The van der Waals surface area contributed by atoms with E-state index >= 15 is 0 Å². The first-order chi connectivity index (χ1) is 9.54. The Bertz CT molecular complexity index is 464. The first-order valence-corrected chi connectivity index (χ1v) is 7.32. The fraction of sp³-hybridized carbons (Fsp3) is 0.588. The summed E-state index contributed by atoms with van der Waals surface area (Å²) < 4.78 is 5.58. The third kappa shape index (κ3) is 3.39. The molecule has 1 N–H and O–H groups in total. The van der Waals surface area contributed by atoms with E-state index in [1.807, 2.05) is 19.9 Å². The maximum Gasteiger partial charge on any atom is 0.0688 e. The minimum absolute atomic E-state index is 0.260. The number of nitriles is 1. The molecule has 3 heteroatoms. The highest BCUT2D eigenvalue weighted by molar-refractivity contribution is 5.19. The molecule has 3 atom stereocenters. The zero-order valence-electron chi connectivity index (χ0n) is 12.6. The van der Waals surface area contributed by atoms with E-state index in [1.165, 1.54) is 5.56 Å². The van der Waals surface area contributed by atoms with Crippen molar-refractivity contribution in [2.45, 2.75) is 32.7 Å². The topological polar surface area (TPSA) is 45.0 Å². The highest BCUT2D eigenvalue weighted by atomic mass is 16.5. The second-order valence-electron chi connectivity index (χ2n) is 6.30. The van der Waals surface area contributed by atoms with Crippen LogP contribution in [0.2, 0.25) is 0 Å². The minimum atomic E-state index is -0.343. The summed E-state index contributed by atoms with van der Waals surface area (Å²) in [4.78, 5) is 0. The average Bonchev–Trinajstić information content (AvgIpc) is 2.95. The van der Waals surface area contributed by atoms with Gasteiger partial charge in [-0.3, -0.25) is 0 Å². The SMILES string of the molecule is C[C@H](CNC1COCC1C(C)(C)C#N)c1ccccc1. The Morgan fingerprint density at radius 2 is 2.05 bits per heavy atom. The molecule has 108 valence electrons. The lowest BCUT2D eigenvalue weighted by Gasteiger charge is -2.29. The van der Waals surface area contributed by atoms with Crippen LogP contribution in [0.4, 0.5) is 0 Å². The van der Waals surface area contributed by atoms with Gasteiger partial charge in [-0.1, -0.05) is 37.3 Å². The molecule has 20 heavy (non-hydrogen) atoms. The molecule has 0 bridgehead atoms. The van der Waals surface area contributed by atoms with Gasteiger partial charge in [-0.05, 0) is 25.3 Å². The quantitative estimate of drug-likeness (QED) is 0.896. The van der Waals surface area contributed by atoms with Gasteiger partial charge in [-0.15, -0.1) is 0 Å². The molecule has 2 rings (SSSR count). The Balaban J connectivity index is 1.92. The molecule has 1 aromatic rings. The summed E-state index contributed by atoms with van der Waals surface area (Å²) in [6.07, 6.45) is 0. The molecule has 0 saturated carbocycles. The summed E-state index contributed by atoms with van der Waals surface area (Å²) in [7, 11) is 0. The maximum atomic E-state index is 9.29. The van der Waals surface area contributed by atoms with Gasteiger partial charge in [0.15, 0.2) is 0 Å². The van der Waals surface area contributed by atoms with Crippen molar-refractivity contribution in [3.05, 3.63) is 35.9 Å². The second kappa shape index (κ2) is 6.39. The fourth-order valence-electron chi connectivity index (χ4n) is 2.78. The van der Waals surface area contributed by atoms with Gasteiger partial charge in [-0.25, -0.2) is 0 Å². The van der Waals surface area contributed by atoms with Crippen LogP contribution in [-0.4, -0.2) is 25.8 Å². The number of nitrogens with zero attached hydrogens (tertiary/aromatic N) is 1. The molecule has 0 aromatic heterocycles. The van der Waals surface area contributed by atoms with Gasteiger partial charge >= 0.3 is 0 Å². The molecular formula is C17H24N2O. The van der Waals surface area contributed by atoms with Crippen molar-refractivity contribution in [2.75, 3.05) is 19.8 Å². The van der Waals surface area contributed by atoms with E-state index in [-0.39, 0.29) is 17.4 Å². The van der Waals surface area contributed by atoms with Gasteiger partial charge in [0.2, 0.25) is 0 Å². The molecule has 2 unspecified atom stereocenters. The lowest BCUT2D eigenvalue weighted by molar-refractivity contribution is 0.164. The van der Waals surface area contributed by atoms with Crippen molar-refractivity contribution in [3.8, 4) is 6.07 Å². The molecule has 3 nitrogen and oxygen atoms in total. The summed E-state index contributed by atoms with van der Waals surface area (Å²) in [6.45, 7) is 8.52. The zero-order valence-corrected chi connectivity index (χ0v) is 12.6. The van der Waals surface area contributed by atoms with E-state index in [9.17, 15) is 5.26 Å². The van der Waals surface area contributed by atoms with E-state index in [4.69, 9.17) is 4.74 Å². The van der Waals surface area contributed by atoms with Gasteiger partial charge in [-0.2, -0.15) is 5.26 Å². The number of rotatable bonds is 5. The molecule has 1 aliphatic rings. The van der Waals surface area contributed by atoms with E-state index in [1.54, 1.807) is 0 Å². The second-order valence-corrected chi connectivity index (χ2v) is 6.30. The number of hydrogen-bond donors (Lipinski definition) is 1. The van der Waals surface area contributed by atoms with Crippen LogP contribution in [0, 0.1) is 22.7 Å². The summed E-state index contributed by atoms with van der Waals surface area (Å²) in [5, 5.41) is 12.9. The van der Waals surface area contributed by atoms with Crippen LogP contribution in [0.25, 0.3) is 0 Å². The monoisotopic (exact) mass is 272 g/mol. The maximum absolute atomic E-state index is 9.29. The fourth-order valence-corrected chi connectivity index (χ4v) is 2.78. The lowest BCUT2D eigenvalue weighted by Crippen LogP contribution is -2.43. The van der Waals surface area contributed by atoms with Crippen molar-refractivity contribution >= 4 is 0 Å². The van der Waals surface area contributed by atoms with Crippen LogP contribution < -0.4 is 5.32 Å². The van der Waals surface area contributed by atoms with Gasteiger partial charge < -0.3 is 10.1 Å². The third-order valence-electron chi connectivity index (χ3n) is 4.35. The Kier molecular flexibility index (Phi) is 4.80. The van der Waals surface area contributed by atoms with Crippen LogP contribution in [-0.2, 0) is 4.74 Å². The van der Waals surface area contributed by atoms with Gasteiger partial charge in [0.05, 0.1) is 24.7 Å². The first kappa shape index (κ1) is 15.0. The largest absolute Gasteiger partial charge is 0.379 e. The number of ether oxygens (including phenoxy) is 1. The number of benzene rings is 1. The van der Waals surface area contributed by atoms with Gasteiger partial charge in [0, 0.05) is 18.5 Å². The average molecular weight is 272 g/mol. The van der Waals surface area contributed by atoms with E-state index in [0.717, 1.165) is 6.54 Å². The van der Waals surface area contributed by atoms with Crippen LogP contribution >= 0.6 is 0 Å². The predicted molar refractivity (Wildman–Crippen MR) is 80.4 cm³/mol. The molecule has 1 aliphatic heterocycles. The van der Waals surface area contributed by atoms with E-state index in [0.29, 0.717) is 19.1 Å². The van der Waals surface area contributed by atoms with Crippen molar-refractivity contribution in [2.24, 2.45) is 11.3 Å². The smallest absolute Gasteiger partial charge is 0.0688 e. The molecule has 0 amide bonds. The van der Waals surface area contributed by atoms with Gasteiger partial charge in [0.1, 0.15) is 0 Å². The standard InChI is InChI=1S/C17H24N2O/c1-13(14-7-5-4-6-8-14)9-19-16-11-20-10-15(16)17(2,3)12-18/h4-8,13,15-16,19H,9-11H2,1-3H3/t13-,15?,16?/m1/s1. The minimum Gasteiger partial charge on any atom is -0.379 e. The van der Waals surface area contributed by atoms with E-state index < -0.39 is 0 Å². The lowest BCUT2D eigenvalue weighted by atomic mass is 9.77. The van der Waals surface area contributed by atoms with Crippen LogP contribution in [0.3, 0.4) is 0 Å². The third-order valence-corrected chi connectivity index (χ3v) is 4.35. The summed E-state index contributed by atoms with van der Waals surface area (Å²) in [6, 6.07) is 13.2. The predicted octanol–water partition coefficient (Wildman–Crippen LogP) is 2.94. The zero-order chi connectivity index (χ0) is 14.6. The molecule has 1 fully saturated rings. The molecule has 0 radical (unpaired) electrons. The van der Waals surface area contributed by atoms with Crippen LogP contribution in [0.5, 0.6) is 0 Å². The van der Waals surface area contributed by atoms with Crippen molar-refractivity contribution in [1.29, 1.82) is 5.26 Å². The van der Waals surface area contributed by atoms with Crippen molar-refractivity contribution in [3.63, 3.8) is 0 Å². The summed E-state index contributed by atoms with van der Waals surface area (Å²) >= 11 is 0. The highest BCUT2D eigenvalue weighted by Crippen LogP contribution is 2.32. The van der Waals surface area contributed by atoms with E-state index in [2.05, 4.69) is 42.6 Å². The Hall–Kier alpha value is -1.37. The van der Waals surface area contributed by atoms with Gasteiger partial charge in [0.25, 0.3) is 0 Å². The van der Waals surface area contributed by atoms with Crippen LogP contribution in [0.1, 0.15) is 32.3 Å². The Morgan fingerprint density at radius 3 is 2.70 bits per heavy atom. The molecule has 1 heterocycles. The Morgan fingerprint density at radius 1 is 1.35 bits per heavy atom. The molecule has 1 aromatic carbocycles. The summed E-state index contributed by atoms with van der Waals surface area (Å²) in [5.41, 5.74) is 0.999. The van der Waals surface area contributed by atoms with Crippen molar-refractivity contribution in [1.82, 2.24) is 5.32 Å². The van der Waals surface area contributed by atoms with Crippen molar-refractivity contribution < 1.29 is 4.74 Å². The molecule has 0 aliphatic carbocycles. The number of nitrogens with one attached hydrogen (secondary N) is 1. The molecule has 0 spiro atoms.